The summed E-state index contributed by atoms with van der Waals surface area (Å²) in [6.07, 6.45) is -3.33. The predicted molar refractivity (Wildman–Crippen MR) is 116 cm³/mol. The highest BCUT2D eigenvalue weighted by Crippen LogP contribution is 2.40. The molecular formula is C23H25F3N2O4. The number of benzene rings is 2. The van der Waals surface area contributed by atoms with Crippen molar-refractivity contribution in [3.05, 3.63) is 52.3 Å². The fourth-order valence-corrected chi connectivity index (χ4v) is 3.49. The van der Waals surface area contributed by atoms with Gasteiger partial charge in [0.25, 0.3) is 11.5 Å². The van der Waals surface area contributed by atoms with Gasteiger partial charge in [-0.25, -0.2) is 0 Å². The number of ether oxygens (including phenoxy) is 1. The van der Waals surface area contributed by atoms with Gasteiger partial charge in [-0.1, -0.05) is 19.4 Å². The number of hydrogen-bond donors (Lipinski definition) is 2. The van der Waals surface area contributed by atoms with Gasteiger partial charge >= 0.3 is 6.18 Å². The summed E-state index contributed by atoms with van der Waals surface area (Å²) in [5.41, 5.74) is -3.21. The molecule has 0 aliphatic rings. The molecule has 2 N–H and O–H groups in total. The average molecular weight is 450 g/mol. The highest BCUT2D eigenvalue weighted by atomic mass is 19.4. The molecule has 1 atom stereocenters. The smallest absolute Gasteiger partial charge is 0.421 e. The molecule has 3 rings (SSSR count). The molecule has 0 fully saturated rings. The van der Waals surface area contributed by atoms with Gasteiger partial charge in [-0.3, -0.25) is 9.59 Å². The van der Waals surface area contributed by atoms with Gasteiger partial charge < -0.3 is 19.7 Å². The van der Waals surface area contributed by atoms with Crippen molar-refractivity contribution < 1.29 is 27.8 Å². The monoisotopic (exact) mass is 450 g/mol. The van der Waals surface area contributed by atoms with Gasteiger partial charge in [0, 0.05) is 29.8 Å². The van der Waals surface area contributed by atoms with E-state index < -0.39 is 11.8 Å². The average Bonchev–Trinajstić information content (AvgIpc) is 2.76. The number of nitrogens with one attached hydrogen (secondary N) is 1. The highest BCUT2D eigenvalue weighted by molar-refractivity contribution is 6.06. The summed E-state index contributed by atoms with van der Waals surface area (Å²) in [5.74, 6) is -0.0606. The quantitative estimate of drug-likeness (QED) is 0.536. The van der Waals surface area contributed by atoms with Crippen LogP contribution in [0.25, 0.3) is 21.7 Å². The predicted octanol–water partition coefficient (Wildman–Crippen LogP) is 3.85. The van der Waals surface area contributed by atoms with Crippen molar-refractivity contribution in [3.63, 3.8) is 0 Å². The molecule has 0 aliphatic carbocycles. The Labute approximate surface area is 182 Å². The Kier molecular flexibility index (Phi) is 6.50. The molecule has 3 aromatic rings. The van der Waals surface area contributed by atoms with Crippen LogP contribution in [0.4, 0.5) is 13.2 Å². The molecular weight excluding hydrogens is 425 g/mol. The summed E-state index contributed by atoms with van der Waals surface area (Å²) in [5, 5.41) is 13.7. The number of nitrogens with zero attached hydrogens (tertiary/aromatic N) is 1. The number of likely N-dealkylation sites (N-methyl/N-ethyl adjacent to an activating group) is 1. The Hall–Kier alpha value is -3.07. The molecule has 0 radical (unpaired) electrons. The number of carbonyl (C=O) groups is 1. The second-order valence-electron chi connectivity index (χ2n) is 7.78. The number of aryl methyl sites for hydroxylation is 1. The van der Waals surface area contributed by atoms with Gasteiger partial charge in [-0.2, -0.15) is 13.2 Å². The van der Waals surface area contributed by atoms with E-state index in [-0.39, 0.29) is 23.6 Å². The highest BCUT2D eigenvalue weighted by Gasteiger charge is 2.51. The van der Waals surface area contributed by atoms with Crippen LogP contribution in [0.2, 0.25) is 0 Å². The summed E-state index contributed by atoms with van der Waals surface area (Å²) in [6, 6.07) is 8.48. The SMILES string of the molecule is CCCCn1c(=O)c2ccc(OCC(=O)NC)cc2c2cc(C(C)(O)C(F)(F)F)ccc21. The van der Waals surface area contributed by atoms with E-state index in [4.69, 9.17) is 4.74 Å². The van der Waals surface area contributed by atoms with E-state index in [0.29, 0.717) is 40.9 Å². The van der Waals surface area contributed by atoms with E-state index in [2.05, 4.69) is 5.32 Å². The van der Waals surface area contributed by atoms with Crippen LogP contribution in [0.1, 0.15) is 32.3 Å². The maximum absolute atomic E-state index is 13.5. The van der Waals surface area contributed by atoms with Gasteiger partial charge in [0.1, 0.15) is 5.75 Å². The molecule has 9 heteroatoms. The van der Waals surface area contributed by atoms with Crippen molar-refractivity contribution in [2.75, 3.05) is 13.7 Å². The van der Waals surface area contributed by atoms with E-state index in [1.165, 1.54) is 41.9 Å². The van der Waals surface area contributed by atoms with Crippen LogP contribution in [-0.2, 0) is 16.9 Å². The minimum Gasteiger partial charge on any atom is -0.484 e. The molecule has 2 aromatic carbocycles. The third-order valence-corrected chi connectivity index (χ3v) is 5.54. The first-order chi connectivity index (χ1) is 15.0. The minimum absolute atomic E-state index is 0.248. The lowest BCUT2D eigenvalue weighted by Crippen LogP contribution is -2.39. The van der Waals surface area contributed by atoms with E-state index >= 15 is 0 Å². The van der Waals surface area contributed by atoms with Crippen LogP contribution in [0, 0.1) is 0 Å². The lowest BCUT2D eigenvalue weighted by molar-refractivity contribution is -0.258. The maximum Gasteiger partial charge on any atom is 0.421 e. The zero-order chi connectivity index (χ0) is 23.7. The van der Waals surface area contributed by atoms with Crippen molar-refractivity contribution in [2.24, 2.45) is 0 Å². The molecule has 0 aliphatic heterocycles. The lowest BCUT2D eigenvalue weighted by atomic mass is 9.92. The third-order valence-electron chi connectivity index (χ3n) is 5.54. The van der Waals surface area contributed by atoms with Crippen LogP contribution in [0.15, 0.2) is 41.2 Å². The molecule has 0 spiro atoms. The lowest BCUT2D eigenvalue weighted by Gasteiger charge is -2.27. The van der Waals surface area contributed by atoms with Gasteiger partial charge in [-0.05, 0) is 49.2 Å². The molecule has 0 bridgehead atoms. The topological polar surface area (TPSA) is 80.6 Å². The zero-order valence-electron chi connectivity index (χ0n) is 18.0. The number of carbonyl (C=O) groups excluding carboxylic acids is 1. The van der Waals surface area contributed by atoms with Gasteiger partial charge in [0.2, 0.25) is 0 Å². The fourth-order valence-electron chi connectivity index (χ4n) is 3.49. The molecule has 6 nitrogen and oxygen atoms in total. The normalized spacial score (nSPS) is 13.8. The number of hydrogen-bond acceptors (Lipinski definition) is 4. The van der Waals surface area contributed by atoms with Gasteiger partial charge in [-0.15, -0.1) is 0 Å². The number of unbranched alkanes of at least 4 members (excludes halogenated alkanes) is 1. The number of aromatic nitrogens is 1. The van der Waals surface area contributed by atoms with E-state index in [0.717, 1.165) is 12.8 Å². The summed E-state index contributed by atoms with van der Waals surface area (Å²) in [6.45, 7) is 2.83. The standard InChI is InChI=1S/C23H25F3N2O4/c1-4-5-10-28-19-9-6-14(22(2,31)23(24,25)26)11-18(19)17-12-15(32-13-20(29)27-3)7-8-16(17)21(28)30/h6-9,11-12,31H,4-5,10,13H2,1-3H3,(H,27,29). The summed E-state index contributed by atoms with van der Waals surface area (Å²) in [4.78, 5) is 24.6. The Morgan fingerprint density at radius 3 is 2.47 bits per heavy atom. The van der Waals surface area contributed by atoms with Crippen molar-refractivity contribution in [1.29, 1.82) is 0 Å². The van der Waals surface area contributed by atoms with Crippen LogP contribution in [-0.4, -0.2) is 35.4 Å². The Morgan fingerprint density at radius 1 is 1.12 bits per heavy atom. The van der Waals surface area contributed by atoms with E-state index in [1.807, 2.05) is 6.92 Å². The second-order valence-corrected chi connectivity index (χ2v) is 7.78. The molecule has 32 heavy (non-hydrogen) atoms. The van der Waals surface area contributed by atoms with E-state index in [1.54, 1.807) is 6.07 Å². The largest absolute Gasteiger partial charge is 0.484 e. The zero-order valence-corrected chi connectivity index (χ0v) is 18.0. The van der Waals surface area contributed by atoms with Crippen molar-refractivity contribution in [1.82, 2.24) is 9.88 Å². The number of pyridine rings is 1. The van der Waals surface area contributed by atoms with Gasteiger partial charge in [0.05, 0.1) is 5.52 Å². The van der Waals surface area contributed by atoms with Crippen molar-refractivity contribution >= 4 is 27.6 Å². The minimum atomic E-state index is -4.88. The van der Waals surface area contributed by atoms with E-state index in [9.17, 15) is 27.9 Å². The Bertz CT molecular complexity index is 1220. The molecule has 1 amide bonds. The number of aliphatic hydroxyl groups is 1. The number of halogens is 3. The first-order valence-electron chi connectivity index (χ1n) is 10.2. The summed E-state index contributed by atoms with van der Waals surface area (Å²) >= 11 is 0. The van der Waals surface area contributed by atoms with Crippen LogP contribution in [0.5, 0.6) is 5.75 Å². The molecule has 0 saturated heterocycles. The first-order valence-corrected chi connectivity index (χ1v) is 10.2. The van der Waals surface area contributed by atoms with Crippen LogP contribution >= 0.6 is 0 Å². The van der Waals surface area contributed by atoms with Crippen LogP contribution < -0.4 is 15.6 Å². The van der Waals surface area contributed by atoms with Crippen molar-refractivity contribution in [2.45, 2.75) is 45.0 Å². The Morgan fingerprint density at radius 2 is 1.84 bits per heavy atom. The molecule has 1 unspecified atom stereocenters. The number of alkyl halides is 3. The number of rotatable bonds is 7. The Balaban J connectivity index is 2.29. The number of amides is 1. The fraction of sp³-hybridized carbons (Fsp3) is 0.391. The molecule has 1 aromatic heterocycles. The molecule has 172 valence electrons. The third kappa shape index (κ3) is 4.29. The summed E-state index contributed by atoms with van der Waals surface area (Å²) < 4.78 is 47.4. The second kappa shape index (κ2) is 8.82. The first kappa shape index (κ1) is 23.6. The molecule has 0 saturated carbocycles. The number of fused-ring (bicyclic) bond motifs is 3. The van der Waals surface area contributed by atoms with Crippen LogP contribution in [0.3, 0.4) is 0 Å². The van der Waals surface area contributed by atoms with Gasteiger partial charge in [0.15, 0.2) is 12.2 Å². The summed E-state index contributed by atoms with van der Waals surface area (Å²) in [7, 11) is 1.46. The maximum atomic E-state index is 13.5. The molecule has 1 heterocycles. The van der Waals surface area contributed by atoms with Crippen molar-refractivity contribution in [3.8, 4) is 5.75 Å².